The number of hydrogen-bond acceptors (Lipinski definition) is 3. The Morgan fingerprint density at radius 1 is 1.47 bits per heavy atom. The number of rotatable bonds is 3. The van der Waals surface area contributed by atoms with Crippen LogP contribution in [0.1, 0.15) is 5.56 Å². The minimum absolute atomic E-state index is 0.761. The Morgan fingerprint density at radius 2 is 2.33 bits per heavy atom. The minimum atomic E-state index is 0.761. The lowest BCUT2D eigenvalue weighted by Crippen LogP contribution is -1.98. The predicted molar refractivity (Wildman–Crippen MR) is 61.4 cm³/mol. The van der Waals surface area contributed by atoms with Gasteiger partial charge in [0.15, 0.2) is 0 Å². The number of benzene rings is 1. The first-order valence-corrected chi connectivity index (χ1v) is 4.81. The molecule has 0 saturated heterocycles. The summed E-state index contributed by atoms with van der Waals surface area (Å²) >= 11 is 0. The normalized spacial score (nSPS) is 10.2. The highest BCUT2D eigenvalue weighted by molar-refractivity contribution is 5.54. The average Bonchev–Trinajstić information content (AvgIpc) is 2.62. The zero-order valence-electron chi connectivity index (χ0n) is 8.64. The Kier molecular flexibility index (Phi) is 2.58. The SMILES string of the molecule is Cn1cc(CNc2cccc(N)c2)cn1. The van der Waals surface area contributed by atoms with Crippen molar-refractivity contribution in [2.45, 2.75) is 6.54 Å². The van der Waals surface area contributed by atoms with E-state index >= 15 is 0 Å². The highest BCUT2D eigenvalue weighted by Gasteiger charge is 1.96. The molecule has 0 spiro atoms. The summed E-state index contributed by atoms with van der Waals surface area (Å²) in [7, 11) is 1.91. The third-order valence-corrected chi connectivity index (χ3v) is 2.14. The van der Waals surface area contributed by atoms with Gasteiger partial charge in [-0.15, -0.1) is 0 Å². The van der Waals surface area contributed by atoms with Gasteiger partial charge in [-0.1, -0.05) is 6.07 Å². The molecule has 0 radical (unpaired) electrons. The molecule has 4 heteroatoms. The second-order valence-electron chi connectivity index (χ2n) is 3.50. The van der Waals surface area contributed by atoms with Gasteiger partial charge in [0.25, 0.3) is 0 Å². The number of nitrogens with zero attached hydrogens (tertiary/aromatic N) is 2. The zero-order chi connectivity index (χ0) is 10.7. The fourth-order valence-electron chi connectivity index (χ4n) is 1.42. The molecule has 78 valence electrons. The van der Waals surface area contributed by atoms with E-state index in [4.69, 9.17) is 5.73 Å². The molecule has 3 N–H and O–H groups in total. The first-order valence-electron chi connectivity index (χ1n) is 4.81. The average molecular weight is 202 g/mol. The summed E-state index contributed by atoms with van der Waals surface area (Å²) in [6, 6.07) is 7.71. The maximum Gasteiger partial charge on any atom is 0.0539 e. The van der Waals surface area contributed by atoms with Crippen LogP contribution in [0.3, 0.4) is 0 Å². The number of nitrogens with one attached hydrogen (secondary N) is 1. The van der Waals surface area contributed by atoms with E-state index in [2.05, 4.69) is 10.4 Å². The molecule has 4 nitrogen and oxygen atoms in total. The van der Waals surface area contributed by atoms with E-state index in [-0.39, 0.29) is 0 Å². The quantitative estimate of drug-likeness (QED) is 0.743. The van der Waals surface area contributed by atoms with Crippen molar-refractivity contribution in [1.29, 1.82) is 0 Å². The lowest BCUT2D eigenvalue weighted by atomic mass is 10.2. The largest absolute Gasteiger partial charge is 0.399 e. The summed E-state index contributed by atoms with van der Waals surface area (Å²) < 4.78 is 1.79. The molecule has 1 aromatic heterocycles. The van der Waals surface area contributed by atoms with Gasteiger partial charge < -0.3 is 11.1 Å². The molecular formula is C11H14N4. The molecule has 0 unspecified atom stereocenters. The van der Waals surface area contributed by atoms with Crippen LogP contribution < -0.4 is 11.1 Å². The van der Waals surface area contributed by atoms with Crippen LogP contribution in [0.15, 0.2) is 36.7 Å². The molecule has 2 rings (SSSR count). The van der Waals surface area contributed by atoms with E-state index in [1.807, 2.05) is 43.7 Å². The van der Waals surface area contributed by atoms with Crippen molar-refractivity contribution in [3.63, 3.8) is 0 Å². The fraction of sp³-hybridized carbons (Fsp3) is 0.182. The Labute approximate surface area is 88.7 Å². The summed E-state index contributed by atoms with van der Waals surface area (Å²) in [6.45, 7) is 0.761. The van der Waals surface area contributed by atoms with E-state index in [9.17, 15) is 0 Å². The van der Waals surface area contributed by atoms with Crippen LogP contribution in [0.25, 0.3) is 0 Å². The summed E-state index contributed by atoms with van der Waals surface area (Å²) in [5.41, 5.74) is 8.62. The van der Waals surface area contributed by atoms with E-state index < -0.39 is 0 Å². The first-order chi connectivity index (χ1) is 7.24. The van der Waals surface area contributed by atoms with Crippen molar-refractivity contribution < 1.29 is 0 Å². The van der Waals surface area contributed by atoms with Gasteiger partial charge in [0, 0.05) is 36.7 Å². The van der Waals surface area contributed by atoms with Crippen LogP contribution >= 0.6 is 0 Å². The van der Waals surface area contributed by atoms with E-state index in [0.29, 0.717) is 0 Å². The lowest BCUT2D eigenvalue weighted by molar-refractivity contribution is 0.767. The molecular weight excluding hydrogens is 188 g/mol. The molecule has 2 aromatic rings. The van der Waals surface area contributed by atoms with Gasteiger partial charge in [0.1, 0.15) is 0 Å². The molecule has 15 heavy (non-hydrogen) atoms. The van der Waals surface area contributed by atoms with Crippen LogP contribution in [-0.4, -0.2) is 9.78 Å². The van der Waals surface area contributed by atoms with Crippen molar-refractivity contribution in [2.24, 2.45) is 7.05 Å². The standard InChI is InChI=1S/C11H14N4/c1-15-8-9(7-14-15)6-13-11-4-2-3-10(12)5-11/h2-5,7-8,13H,6,12H2,1H3. The number of aryl methyl sites for hydroxylation is 1. The van der Waals surface area contributed by atoms with E-state index in [1.54, 1.807) is 4.68 Å². The highest BCUT2D eigenvalue weighted by atomic mass is 15.2. The van der Waals surface area contributed by atoms with Crippen LogP contribution in [0.4, 0.5) is 11.4 Å². The van der Waals surface area contributed by atoms with Gasteiger partial charge in [-0.2, -0.15) is 5.10 Å². The van der Waals surface area contributed by atoms with Crippen LogP contribution in [0.5, 0.6) is 0 Å². The molecule has 1 aromatic carbocycles. The topological polar surface area (TPSA) is 55.9 Å². The van der Waals surface area contributed by atoms with Crippen molar-refractivity contribution in [2.75, 3.05) is 11.1 Å². The highest BCUT2D eigenvalue weighted by Crippen LogP contribution is 2.12. The third-order valence-electron chi connectivity index (χ3n) is 2.14. The number of nitrogen functional groups attached to an aromatic ring is 1. The molecule has 0 fully saturated rings. The van der Waals surface area contributed by atoms with Gasteiger partial charge in [0.2, 0.25) is 0 Å². The molecule has 0 aliphatic rings. The third kappa shape index (κ3) is 2.49. The Bertz CT molecular complexity index is 447. The maximum absolute atomic E-state index is 5.68. The summed E-state index contributed by atoms with van der Waals surface area (Å²) in [5.74, 6) is 0. The second kappa shape index (κ2) is 4.04. The first kappa shape index (κ1) is 9.58. The number of hydrogen-bond donors (Lipinski definition) is 2. The molecule has 0 amide bonds. The Morgan fingerprint density at radius 3 is 3.00 bits per heavy atom. The smallest absolute Gasteiger partial charge is 0.0539 e. The Hall–Kier alpha value is -1.97. The van der Waals surface area contributed by atoms with Crippen molar-refractivity contribution in [3.8, 4) is 0 Å². The van der Waals surface area contributed by atoms with Crippen LogP contribution in [0, 0.1) is 0 Å². The van der Waals surface area contributed by atoms with Crippen LogP contribution in [-0.2, 0) is 13.6 Å². The predicted octanol–water partition coefficient (Wildman–Crippen LogP) is 1.61. The zero-order valence-corrected chi connectivity index (χ0v) is 8.64. The molecule has 1 heterocycles. The van der Waals surface area contributed by atoms with Crippen molar-refractivity contribution in [3.05, 3.63) is 42.2 Å². The van der Waals surface area contributed by atoms with E-state index in [1.165, 1.54) is 0 Å². The molecule has 0 saturated carbocycles. The lowest BCUT2D eigenvalue weighted by Gasteiger charge is -2.04. The van der Waals surface area contributed by atoms with Crippen molar-refractivity contribution >= 4 is 11.4 Å². The van der Waals surface area contributed by atoms with Crippen molar-refractivity contribution in [1.82, 2.24) is 9.78 Å². The van der Waals surface area contributed by atoms with Gasteiger partial charge in [0.05, 0.1) is 6.20 Å². The summed E-state index contributed by atoms with van der Waals surface area (Å²) in [6.07, 6.45) is 3.83. The minimum Gasteiger partial charge on any atom is -0.399 e. The Balaban J connectivity index is 1.99. The van der Waals surface area contributed by atoms with Gasteiger partial charge in [-0.3, -0.25) is 4.68 Å². The molecule has 0 bridgehead atoms. The molecule has 0 atom stereocenters. The monoisotopic (exact) mass is 202 g/mol. The maximum atomic E-state index is 5.68. The summed E-state index contributed by atoms with van der Waals surface area (Å²) in [5, 5.41) is 7.38. The van der Waals surface area contributed by atoms with E-state index in [0.717, 1.165) is 23.5 Å². The molecule has 0 aliphatic carbocycles. The number of nitrogens with two attached hydrogens (primary N) is 1. The number of anilines is 2. The van der Waals surface area contributed by atoms with Gasteiger partial charge >= 0.3 is 0 Å². The summed E-state index contributed by atoms with van der Waals surface area (Å²) in [4.78, 5) is 0. The number of aromatic nitrogens is 2. The van der Waals surface area contributed by atoms with Gasteiger partial charge in [-0.05, 0) is 18.2 Å². The second-order valence-corrected chi connectivity index (χ2v) is 3.50. The van der Waals surface area contributed by atoms with Gasteiger partial charge in [-0.25, -0.2) is 0 Å². The molecule has 0 aliphatic heterocycles. The van der Waals surface area contributed by atoms with Crippen LogP contribution in [0.2, 0.25) is 0 Å². The fourth-order valence-corrected chi connectivity index (χ4v) is 1.42.